The quantitative estimate of drug-likeness (QED) is 0.704. The Labute approximate surface area is 142 Å². The summed E-state index contributed by atoms with van der Waals surface area (Å²) >= 11 is 0. The molecular formula is C20H20N2O2. The van der Waals surface area contributed by atoms with Crippen molar-refractivity contribution in [2.45, 2.75) is 26.4 Å². The van der Waals surface area contributed by atoms with Crippen LogP contribution in [0.1, 0.15) is 31.9 Å². The molecule has 1 amide bonds. The van der Waals surface area contributed by atoms with Crippen LogP contribution in [0.3, 0.4) is 0 Å². The first kappa shape index (κ1) is 14.8. The normalized spacial score (nSPS) is 17.8. The highest BCUT2D eigenvalue weighted by Gasteiger charge is 2.28. The molecule has 1 aromatic rings. The van der Waals surface area contributed by atoms with Crippen molar-refractivity contribution in [3.8, 4) is 0 Å². The molecular weight excluding hydrogens is 300 g/mol. The van der Waals surface area contributed by atoms with Crippen molar-refractivity contribution in [3.05, 3.63) is 65.7 Å². The number of hydrogen-bond donors (Lipinski definition) is 0. The van der Waals surface area contributed by atoms with Gasteiger partial charge < -0.3 is 9.64 Å². The maximum absolute atomic E-state index is 12.4. The van der Waals surface area contributed by atoms with Gasteiger partial charge in [0, 0.05) is 41.9 Å². The van der Waals surface area contributed by atoms with Crippen molar-refractivity contribution in [1.82, 2.24) is 4.90 Å². The predicted molar refractivity (Wildman–Crippen MR) is 96.1 cm³/mol. The van der Waals surface area contributed by atoms with Crippen LogP contribution in [0.15, 0.2) is 54.5 Å². The standard InChI is InChI=1S/C20H20N2O2/c1-20(2,3)24-19(23)22-11-9-15-12-21-10-5-7-14-6-4-8-16(18(14)21)17(15)13-22/h4-9,11-13H,10H2,1-3H3. The summed E-state index contributed by atoms with van der Waals surface area (Å²) in [5.41, 5.74) is 5.19. The first-order chi connectivity index (χ1) is 11.4. The van der Waals surface area contributed by atoms with Crippen LogP contribution in [0.5, 0.6) is 0 Å². The minimum Gasteiger partial charge on any atom is -0.443 e. The number of benzene rings is 1. The molecule has 0 fully saturated rings. The van der Waals surface area contributed by atoms with Crippen LogP contribution in [0, 0.1) is 0 Å². The van der Waals surface area contributed by atoms with Gasteiger partial charge in [-0.15, -0.1) is 0 Å². The molecule has 0 unspecified atom stereocenters. The molecule has 4 nitrogen and oxygen atoms in total. The lowest BCUT2D eigenvalue weighted by Gasteiger charge is -2.35. The molecule has 0 N–H and O–H groups in total. The monoisotopic (exact) mass is 320 g/mol. The zero-order chi connectivity index (χ0) is 16.9. The van der Waals surface area contributed by atoms with Crippen molar-refractivity contribution in [2.75, 3.05) is 11.4 Å². The number of hydrogen-bond acceptors (Lipinski definition) is 3. The summed E-state index contributed by atoms with van der Waals surface area (Å²) in [7, 11) is 0. The van der Waals surface area contributed by atoms with Crippen LogP contribution >= 0.6 is 0 Å². The molecule has 4 rings (SSSR count). The predicted octanol–water partition coefficient (Wildman–Crippen LogP) is 4.52. The molecule has 0 atom stereocenters. The second kappa shape index (κ2) is 5.13. The lowest BCUT2D eigenvalue weighted by Crippen LogP contribution is -2.32. The lowest BCUT2D eigenvalue weighted by molar-refractivity contribution is 0.0399. The number of fused-ring (bicyclic) bond motifs is 2. The zero-order valence-electron chi connectivity index (χ0n) is 14.1. The van der Waals surface area contributed by atoms with Crippen LogP contribution in [0.25, 0.3) is 11.6 Å². The number of carbonyl (C=O) groups excluding carboxylic acids is 1. The third-order valence-corrected chi connectivity index (χ3v) is 4.14. The van der Waals surface area contributed by atoms with Crippen LogP contribution in [0.4, 0.5) is 10.5 Å². The number of nitrogens with zero attached hydrogens (tertiary/aromatic N) is 2. The minimum absolute atomic E-state index is 0.363. The maximum Gasteiger partial charge on any atom is 0.418 e. The number of rotatable bonds is 0. The number of para-hydroxylation sites is 1. The maximum atomic E-state index is 12.4. The summed E-state index contributed by atoms with van der Waals surface area (Å²) in [4.78, 5) is 16.1. The van der Waals surface area contributed by atoms with Crippen LogP contribution in [-0.2, 0) is 4.74 Å². The fourth-order valence-electron chi connectivity index (χ4n) is 3.18. The van der Waals surface area contributed by atoms with Gasteiger partial charge in [-0.1, -0.05) is 30.4 Å². The highest BCUT2D eigenvalue weighted by molar-refractivity contribution is 5.97. The molecule has 0 saturated carbocycles. The second-order valence-electron chi connectivity index (χ2n) is 7.13. The number of ether oxygens (including phenoxy) is 1. The third-order valence-electron chi connectivity index (χ3n) is 4.14. The Balaban J connectivity index is 1.75. The summed E-state index contributed by atoms with van der Waals surface area (Å²) in [6.45, 7) is 6.48. The molecule has 0 bridgehead atoms. The molecule has 0 spiro atoms. The summed E-state index contributed by atoms with van der Waals surface area (Å²) < 4.78 is 5.47. The molecule has 0 aromatic heterocycles. The van der Waals surface area contributed by atoms with Gasteiger partial charge in [0.1, 0.15) is 5.60 Å². The Morgan fingerprint density at radius 3 is 2.79 bits per heavy atom. The molecule has 0 saturated heterocycles. The average Bonchev–Trinajstić information content (AvgIpc) is 2.53. The Kier molecular flexibility index (Phi) is 3.17. The van der Waals surface area contributed by atoms with E-state index in [4.69, 9.17) is 4.74 Å². The summed E-state index contributed by atoms with van der Waals surface area (Å²) in [5, 5.41) is 0. The van der Waals surface area contributed by atoms with E-state index in [9.17, 15) is 4.79 Å². The van der Waals surface area contributed by atoms with Gasteiger partial charge in [-0.25, -0.2) is 4.79 Å². The third kappa shape index (κ3) is 2.44. The molecule has 3 heterocycles. The fraction of sp³-hybridized carbons (Fsp3) is 0.250. The SMILES string of the molecule is CC(C)(C)OC(=O)N1C=CC2=CN3CC=Cc4cccc(c43)C2=C1. The van der Waals surface area contributed by atoms with E-state index in [-0.39, 0.29) is 6.09 Å². The van der Waals surface area contributed by atoms with Crippen molar-refractivity contribution < 1.29 is 9.53 Å². The van der Waals surface area contributed by atoms with Crippen LogP contribution in [0.2, 0.25) is 0 Å². The van der Waals surface area contributed by atoms with Crippen molar-refractivity contribution in [3.63, 3.8) is 0 Å². The van der Waals surface area contributed by atoms with E-state index >= 15 is 0 Å². The smallest absolute Gasteiger partial charge is 0.418 e. The summed E-state index contributed by atoms with van der Waals surface area (Å²) in [5.74, 6) is 0. The molecule has 122 valence electrons. The van der Waals surface area contributed by atoms with E-state index in [2.05, 4.69) is 41.5 Å². The van der Waals surface area contributed by atoms with E-state index in [0.29, 0.717) is 0 Å². The Hall–Kier alpha value is -2.75. The molecule has 3 aliphatic heterocycles. The van der Waals surface area contributed by atoms with Gasteiger partial charge >= 0.3 is 6.09 Å². The Morgan fingerprint density at radius 2 is 2.00 bits per heavy atom. The van der Waals surface area contributed by atoms with E-state index in [0.717, 1.165) is 23.3 Å². The van der Waals surface area contributed by atoms with E-state index < -0.39 is 5.60 Å². The fourth-order valence-corrected chi connectivity index (χ4v) is 3.18. The largest absolute Gasteiger partial charge is 0.443 e. The van der Waals surface area contributed by atoms with Crippen LogP contribution in [-0.4, -0.2) is 23.1 Å². The molecule has 4 heteroatoms. The van der Waals surface area contributed by atoms with Gasteiger partial charge in [0.2, 0.25) is 0 Å². The average molecular weight is 320 g/mol. The highest BCUT2D eigenvalue weighted by atomic mass is 16.6. The second-order valence-corrected chi connectivity index (χ2v) is 7.13. The molecule has 0 radical (unpaired) electrons. The minimum atomic E-state index is -0.514. The van der Waals surface area contributed by atoms with Crippen LogP contribution < -0.4 is 4.90 Å². The van der Waals surface area contributed by atoms with Gasteiger partial charge in [0.25, 0.3) is 0 Å². The highest BCUT2D eigenvalue weighted by Crippen LogP contribution is 2.43. The van der Waals surface area contributed by atoms with Crippen molar-refractivity contribution >= 4 is 23.4 Å². The Bertz CT molecular complexity index is 838. The van der Waals surface area contributed by atoms with E-state index in [1.807, 2.05) is 33.0 Å². The van der Waals surface area contributed by atoms with E-state index in [1.165, 1.54) is 16.2 Å². The number of anilines is 1. The van der Waals surface area contributed by atoms with Gasteiger partial charge in [0.15, 0.2) is 0 Å². The van der Waals surface area contributed by atoms with Gasteiger partial charge in [-0.3, -0.25) is 4.90 Å². The van der Waals surface area contributed by atoms with Gasteiger partial charge in [-0.2, -0.15) is 0 Å². The number of carbonyl (C=O) groups is 1. The van der Waals surface area contributed by atoms with E-state index in [1.54, 1.807) is 6.20 Å². The topological polar surface area (TPSA) is 32.8 Å². The Morgan fingerprint density at radius 1 is 1.17 bits per heavy atom. The van der Waals surface area contributed by atoms with Gasteiger partial charge in [0.05, 0.1) is 5.69 Å². The van der Waals surface area contributed by atoms with Gasteiger partial charge in [-0.05, 0) is 32.4 Å². The molecule has 24 heavy (non-hydrogen) atoms. The summed E-state index contributed by atoms with van der Waals surface area (Å²) in [6.07, 6.45) is 11.7. The lowest BCUT2D eigenvalue weighted by atomic mass is 9.89. The molecule has 0 aliphatic carbocycles. The molecule has 1 aromatic carbocycles. The first-order valence-electron chi connectivity index (χ1n) is 8.12. The zero-order valence-corrected chi connectivity index (χ0v) is 14.1. The van der Waals surface area contributed by atoms with Crippen molar-refractivity contribution in [2.24, 2.45) is 0 Å². The number of allylic oxidation sites excluding steroid dienone is 3. The summed E-state index contributed by atoms with van der Waals surface area (Å²) in [6, 6.07) is 6.28. The number of amides is 1. The van der Waals surface area contributed by atoms with Crippen molar-refractivity contribution in [1.29, 1.82) is 0 Å². The molecule has 3 aliphatic rings. The first-order valence-corrected chi connectivity index (χ1v) is 8.12.